The molecule has 10 nitrogen and oxygen atoms in total. The van der Waals surface area contributed by atoms with E-state index in [2.05, 4.69) is 9.47 Å². The van der Waals surface area contributed by atoms with E-state index in [4.69, 9.17) is 0 Å². The van der Waals surface area contributed by atoms with Crippen LogP contribution in [0, 0.1) is 22.7 Å². The van der Waals surface area contributed by atoms with Crippen LogP contribution in [0.2, 0.25) is 0 Å². The second-order valence-electron chi connectivity index (χ2n) is 12.4. The lowest BCUT2D eigenvalue weighted by molar-refractivity contribution is -0.304. The van der Waals surface area contributed by atoms with Crippen molar-refractivity contribution in [3.8, 4) is 34.4 Å². The van der Waals surface area contributed by atoms with Gasteiger partial charge in [-0.25, -0.2) is 26.4 Å². The molecule has 0 unspecified atom stereocenters. The van der Waals surface area contributed by atoms with Gasteiger partial charge in [-0.1, -0.05) is 48.5 Å². The Morgan fingerprint density at radius 2 is 0.776 bits per heavy atom. The molecule has 0 saturated heterocycles. The van der Waals surface area contributed by atoms with E-state index in [0.717, 1.165) is 18.2 Å². The Bertz CT molecular complexity index is 2800. The van der Waals surface area contributed by atoms with Gasteiger partial charge in [-0.05, 0) is 105 Å². The minimum Gasteiger partial charge on any atom is -0.369 e. The maximum absolute atomic E-state index is 13.7. The summed E-state index contributed by atoms with van der Waals surface area (Å²) in [5.41, 5.74) is -4.43. The second kappa shape index (κ2) is 13.9. The number of nitriles is 2. The normalized spacial score (nSPS) is 14.8. The van der Waals surface area contributed by atoms with Gasteiger partial charge in [0.1, 0.15) is 23.3 Å². The number of alkyl halides is 6. The van der Waals surface area contributed by atoms with Crippen LogP contribution < -0.4 is 0 Å². The first-order valence-electron chi connectivity index (χ1n) is 16.2. The molecule has 0 bridgehead atoms. The highest BCUT2D eigenvalue weighted by Gasteiger charge is 2.42. The van der Waals surface area contributed by atoms with E-state index in [-0.39, 0.29) is 54.3 Å². The van der Waals surface area contributed by atoms with E-state index in [9.17, 15) is 63.3 Å². The fourth-order valence-corrected chi connectivity index (χ4v) is 9.36. The molecule has 0 amide bonds. The van der Waals surface area contributed by atoms with E-state index in [1.165, 1.54) is 91.0 Å². The van der Waals surface area contributed by atoms with Gasteiger partial charge in [0.15, 0.2) is 0 Å². The van der Waals surface area contributed by atoms with E-state index in [0.29, 0.717) is 0 Å². The SMILES string of the molecule is N#C/C(C(=O)OC(F)(F)F)=C1\c2cc(S(=O)(=O)c3ccccc3)ccc2-c2cc3c(cc21)/C(=C(/C#N)C(=O)OC(F)(F)F)c1cc(S(=O)(=O)c2ccccc2)ccc1-3. The van der Waals surface area contributed by atoms with Crippen LogP contribution in [0.4, 0.5) is 26.3 Å². The molecule has 0 atom stereocenters. The highest BCUT2D eigenvalue weighted by atomic mass is 32.2. The quantitative estimate of drug-likeness (QED) is 0.0691. The largest absolute Gasteiger partial charge is 0.575 e. The Balaban J connectivity index is 1.54. The number of fused-ring (bicyclic) bond motifs is 6. The summed E-state index contributed by atoms with van der Waals surface area (Å²) in [6.07, 6.45) is -11.2. The molecule has 5 aromatic rings. The van der Waals surface area contributed by atoms with Crippen LogP contribution in [0.1, 0.15) is 22.3 Å². The number of ether oxygens (including phenoxy) is 2. The molecule has 2 aliphatic carbocycles. The Labute approximate surface area is 323 Å². The number of sulfone groups is 2. The number of esters is 2. The standard InChI is InChI=1S/C40H18F6N2O8S2/c41-39(42,43)55-37(49)33(19-47)35-29-15-23(57(51,52)21-7-3-1-4-8-21)11-13-25(29)27-17-28-26-14-12-24(58(53,54)22-9-5-2-6-10-22)16-30(26)36(32(28)18-31(27)35)34(20-48)38(50)56-40(44,45)46/h1-18H/b35-33-,36-34-. The summed E-state index contributed by atoms with van der Waals surface area (Å²) in [4.78, 5) is 24.8. The summed E-state index contributed by atoms with van der Waals surface area (Å²) in [5, 5.41) is 20.3. The smallest absolute Gasteiger partial charge is 0.369 e. The first-order valence-corrected chi connectivity index (χ1v) is 19.2. The van der Waals surface area contributed by atoms with Crippen LogP contribution in [0.3, 0.4) is 0 Å². The molecule has 0 fully saturated rings. The van der Waals surface area contributed by atoms with Crippen molar-refractivity contribution in [3.05, 3.63) is 143 Å². The molecule has 2 aliphatic rings. The summed E-state index contributed by atoms with van der Waals surface area (Å²) in [5.74, 6) is -4.39. The Morgan fingerprint density at radius 3 is 1.10 bits per heavy atom. The van der Waals surface area contributed by atoms with Crippen molar-refractivity contribution in [2.45, 2.75) is 32.3 Å². The van der Waals surface area contributed by atoms with Gasteiger partial charge in [0.05, 0.1) is 19.6 Å². The zero-order chi connectivity index (χ0) is 41.9. The van der Waals surface area contributed by atoms with Crippen LogP contribution >= 0.6 is 0 Å². The lowest BCUT2D eigenvalue weighted by Gasteiger charge is -2.13. The van der Waals surface area contributed by atoms with Gasteiger partial charge in [0, 0.05) is 11.1 Å². The molecular formula is C40H18F6N2O8S2. The number of hydrogen-bond donors (Lipinski definition) is 0. The number of carbonyl (C=O) groups is 2. The summed E-state index contributed by atoms with van der Waals surface area (Å²) >= 11 is 0. The molecule has 7 rings (SSSR count). The van der Waals surface area contributed by atoms with E-state index in [1.807, 2.05) is 0 Å². The van der Waals surface area contributed by atoms with Gasteiger partial charge in [-0.3, -0.25) is 0 Å². The monoisotopic (exact) mass is 832 g/mol. The molecule has 58 heavy (non-hydrogen) atoms. The zero-order valence-corrected chi connectivity index (χ0v) is 30.3. The lowest BCUT2D eigenvalue weighted by atomic mass is 9.92. The maximum atomic E-state index is 13.7. The van der Waals surface area contributed by atoms with Crippen LogP contribution in [-0.2, 0) is 38.7 Å². The molecule has 290 valence electrons. The highest BCUT2D eigenvalue weighted by Crippen LogP contribution is 2.54. The first kappa shape index (κ1) is 39.2. The van der Waals surface area contributed by atoms with Crippen molar-refractivity contribution in [1.29, 1.82) is 10.5 Å². The van der Waals surface area contributed by atoms with Crippen molar-refractivity contribution >= 4 is 42.8 Å². The third-order valence-corrected chi connectivity index (χ3v) is 12.6. The Morgan fingerprint density at radius 1 is 0.448 bits per heavy atom. The predicted octanol–water partition coefficient (Wildman–Crippen LogP) is 8.09. The summed E-state index contributed by atoms with van der Waals surface area (Å²) in [7, 11) is -8.65. The number of nitrogens with zero attached hydrogens (tertiary/aromatic N) is 2. The van der Waals surface area contributed by atoms with Crippen molar-refractivity contribution in [1.82, 2.24) is 0 Å². The molecule has 5 aromatic carbocycles. The Kier molecular flexibility index (Phi) is 9.38. The van der Waals surface area contributed by atoms with Crippen molar-refractivity contribution in [2.75, 3.05) is 0 Å². The van der Waals surface area contributed by atoms with Crippen LogP contribution in [0.5, 0.6) is 0 Å². The molecule has 0 N–H and O–H groups in total. The molecular weight excluding hydrogens is 815 g/mol. The summed E-state index contributed by atoms with van der Waals surface area (Å²) in [6, 6.07) is 26.0. The minimum absolute atomic E-state index is 0.0597. The molecule has 18 heteroatoms. The van der Waals surface area contributed by atoms with Gasteiger partial charge < -0.3 is 9.47 Å². The highest BCUT2D eigenvalue weighted by molar-refractivity contribution is 7.91. The molecule has 0 aliphatic heterocycles. The topological polar surface area (TPSA) is 168 Å². The second-order valence-corrected chi connectivity index (χ2v) is 16.3. The lowest BCUT2D eigenvalue weighted by Crippen LogP contribution is -2.21. The van der Waals surface area contributed by atoms with E-state index < -0.39 is 76.4 Å². The number of hydrogen-bond acceptors (Lipinski definition) is 10. The maximum Gasteiger partial charge on any atom is 0.575 e. The number of rotatable bonds is 6. The van der Waals surface area contributed by atoms with Crippen molar-refractivity contribution in [2.24, 2.45) is 0 Å². The summed E-state index contributed by atoms with van der Waals surface area (Å²) in [6.45, 7) is 0. The number of carbonyl (C=O) groups excluding carboxylic acids is 2. The zero-order valence-electron chi connectivity index (χ0n) is 28.6. The Hall–Kier alpha value is -7.02. The molecule has 0 spiro atoms. The van der Waals surface area contributed by atoms with Crippen molar-refractivity contribution in [3.63, 3.8) is 0 Å². The van der Waals surface area contributed by atoms with Crippen LogP contribution in [0.25, 0.3) is 33.4 Å². The third-order valence-electron chi connectivity index (χ3n) is 9.07. The van der Waals surface area contributed by atoms with E-state index >= 15 is 0 Å². The fraction of sp³-hybridized carbons (Fsp3) is 0.0500. The third kappa shape index (κ3) is 6.78. The van der Waals surface area contributed by atoms with Gasteiger partial charge in [-0.2, -0.15) is 10.5 Å². The van der Waals surface area contributed by atoms with Gasteiger partial charge in [-0.15, -0.1) is 26.3 Å². The van der Waals surface area contributed by atoms with Crippen molar-refractivity contribution < 1.29 is 62.2 Å². The molecule has 0 saturated carbocycles. The van der Waals surface area contributed by atoms with Crippen LogP contribution in [-0.4, -0.2) is 41.5 Å². The predicted molar refractivity (Wildman–Crippen MR) is 189 cm³/mol. The van der Waals surface area contributed by atoms with Gasteiger partial charge >= 0.3 is 24.7 Å². The number of benzene rings is 5. The first-order chi connectivity index (χ1) is 27.3. The van der Waals surface area contributed by atoms with E-state index in [1.54, 1.807) is 12.1 Å². The summed E-state index contributed by atoms with van der Waals surface area (Å²) < 4.78 is 142. The average Bonchev–Trinajstić information content (AvgIpc) is 3.65. The van der Waals surface area contributed by atoms with Gasteiger partial charge in [0.2, 0.25) is 19.7 Å². The molecule has 0 radical (unpaired) electrons. The average molecular weight is 833 g/mol. The minimum atomic E-state index is -5.59. The van der Waals surface area contributed by atoms with Crippen LogP contribution in [0.15, 0.2) is 140 Å². The fourth-order valence-electron chi connectivity index (χ4n) is 6.74. The molecule has 0 aromatic heterocycles. The molecule has 0 heterocycles. The number of halogens is 6. The van der Waals surface area contributed by atoms with Gasteiger partial charge in [0.25, 0.3) is 0 Å².